The number of nitrogens with one attached hydrogen (secondary N) is 1. The smallest absolute Gasteiger partial charge is 0.325 e. The molecular weight excluding hydrogens is 391 g/mol. The maximum Gasteiger partial charge on any atom is 0.418 e. The molecule has 0 fully saturated rings. The van der Waals surface area contributed by atoms with Gasteiger partial charge in [0.15, 0.2) is 5.16 Å². The van der Waals surface area contributed by atoms with E-state index in [9.17, 15) is 22.8 Å². The fraction of sp³-hybridized carbons (Fsp3) is 0.421. The Morgan fingerprint density at radius 1 is 1.29 bits per heavy atom. The molecule has 1 aliphatic heterocycles. The van der Waals surface area contributed by atoms with Crippen LogP contribution in [0.2, 0.25) is 0 Å². The van der Waals surface area contributed by atoms with Gasteiger partial charge in [-0.25, -0.2) is 4.98 Å². The molecular formula is C19H20F3N3O2S. The molecule has 0 aliphatic carbocycles. The van der Waals surface area contributed by atoms with Crippen LogP contribution in [-0.4, -0.2) is 21.2 Å². The fourth-order valence-corrected chi connectivity index (χ4v) is 4.09. The molecule has 1 atom stereocenters. The Labute approximate surface area is 164 Å². The van der Waals surface area contributed by atoms with Gasteiger partial charge in [-0.3, -0.25) is 14.2 Å². The van der Waals surface area contributed by atoms with E-state index in [2.05, 4.69) is 10.3 Å². The van der Waals surface area contributed by atoms with Crippen LogP contribution in [0.15, 0.2) is 40.3 Å². The molecule has 150 valence electrons. The monoisotopic (exact) mass is 411 g/mol. The number of aromatic nitrogens is 2. The van der Waals surface area contributed by atoms with Crippen molar-refractivity contribution >= 4 is 23.4 Å². The number of thioether (sulfide) groups is 1. The van der Waals surface area contributed by atoms with Gasteiger partial charge >= 0.3 is 6.18 Å². The summed E-state index contributed by atoms with van der Waals surface area (Å²) in [6, 6.07) is 5.82. The van der Waals surface area contributed by atoms with Gasteiger partial charge in [-0.1, -0.05) is 44.7 Å². The average Bonchev–Trinajstić information content (AvgIpc) is 2.97. The summed E-state index contributed by atoms with van der Waals surface area (Å²) < 4.78 is 40.7. The van der Waals surface area contributed by atoms with Gasteiger partial charge in [-0.15, -0.1) is 0 Å². The second-order valence-corrected chi connectivity index (χ2v) is 8.63. The van der Waals surface area contributed by atoms with Gasteiger partial charge in [0.05, 0.1) is 23.0 Å². The Hall–Kier alpha value is -2.29. The van der Waals surface area contributed by atoms with E-state index in [-0.39, 0.29) is 23.1 Å². The average molecular weight is 411 g/mol. The summed E-state index contributed by atoms with van der Waals surface area (Å²) in [4.78, 5) is 29.4. The molecule has 9 heteroatoms. The largest absolute Gasteiger partial charge is 0.418 e. The van der Waals surface area contributed by atoms with Crippen molar-refractivity contribution in [3.05, 3.63) is 51.9 Å². The highest BCUT2D eigenvalue weighted by Gasteiger charge is 2.34. The third kappa shape index (κ3) is 4.24. The van der Waals surface area contributed by atoms with Crippen LogP contribution in [0.25, 0.3) is 0 Å². The molecule has 0 radical (unpaired) electrons. The molecule has 1 N–H and O–H groups in total. The van der Waals surface area contributed by atoms with Gasteiger partial charge in [0.25, 0.3) is 5.56 Å². The van der Waals surface area contributed by atoms with Crippen molar-refractivity contribution in [2.45, 2.75) is 50.0 Å². The van der Waals surface area contributed by atoms with Gasteiger partial charge in [0.1, 0.15) is 0 Å². The van der Waals surface area contributed by atoms with Gasteiger partial charge in [-0.05, 0) is 12.1 Å². The quantitative estimate of drug-likeness (QED) is 0.768. The van der Waals surface area contributed by atoms with Gasteiger partial charge in [-0.2, -0.15) is 13.2 Å². The lowest BCUT2D eigenvalue weighted by Crippen LogP contribution is -2.29. The van der Waals surface area contributed by atoms with Crippen LogP contribution in [0.5, 0.6) is 0 Å². The summed E-state index contributed by atoms with van der Waals surface area (Å²) >= 11 is 1.37. The fourth-order valence-electron chi connectivity index (χ4n) is 2.94. The number of carbonyl (C=O) groups is 1. The van der Waals surface area contributed by atoms with Crippen molar-refractivity contribution in [3.63, 3.8) is 0 Å². The number of amides is 1. The molecule has 1 aliphatic rings. The lowest BCUT2D eigenvalue weighted by molar-refractivity contribution is -0.137. The molecule has 1 amide bonds. The number of nitrogens with zero attached hydrogens (tertiary/aromatic N) is 2. The van der Waals surface area contributed by atoms with Crippen LogP contribution in [0.1, 0.15) is 44.5 Å². The van der Waals surface area contributed by atoms with Crippen LogP contribution in [-0.2, 0) is 16.4 Å². The Kier molecular flexibility index (Phi) is 5.31. The molecule has 0 spiro atoms. The van der Waals surface area contributed by atoms with E-state index >= 15 is 0 Å². The lowest BCUT2D eigenvalue weighted by Gasteiger charge is -2.19. The number of rotatable bonds is 3. The highest BCUT2D eigenvalue weighted by atomic mass is 32.2. The molecule has 1 unspecified atom stereocenters. The maximum absolute atomic E-state index is 13.1. The Balaban J connectivity index is 1.79. The number of halogens is 3. The molecule has 3 rings (SSSR count). The van der Waals surface area contributed by atoms with Gasteiger partial charge in [0, 0.05) is 23.7 Å². The SMILES string of the molecule is CC(C)(C)c1cc(=O)n2c(n1)SCC2CC(=O)Nc1ccccc1C(F)(F)F. The Bertz CT molecular complexity index is 964. The number of benzene rings is 1. The molecule has 28 heavy (non-hydrogen) atoms. The standard InChI is InChI=1S/C19H20F3N3O2S/c1-18(2,3)14-9-16(27)25-11(10-28-17(25)24-14)8-15(26)23-13-7-5-4-6-12(13)19(20,21)22/h4-7,9,11H,8,10H2,1-3H3,(H,23,26). The van der Waals surface area contributed by atoms with Crippen molar-refractivity contribution in [1.82, 2.24) is 9.55 Å². The molecule has 0 bridgehead atoms. The Morgan fingerprint density at radius 2 is 1.96 bits per heavy atom. The molecule has 2 aromatic rings. The number of anilines is 1. The molecule has 1 aromatic heterocycles. The van der Waals surface area contributed by atoms with Crippen LogP contribution in [0, 0.1) is 0 Å². The van der Waals surface area contributed by atoms with Crippen LogP contribution >= 0.6 is 11.8 Å². The van der Waals surface area contributed by atoms with Crippen molar-refractivity contribution in [1.29, 1.82) is 0 Å². The number of hydrogen-bond acceptors (Lipinski definition) is 4. The molecule has 5 nitrogen and oxygen atoms in total. The summed E-state index contributed by atoms with van der Waals surface area (Å²) in [6.07, 6.45) is -4.67. The van der Waals surface area contributed by atoms with E-state index in [1.807, 2.05) is 20.8 Å². The third-order valence-electron chi connectivity index (χ3n) is 4.39. The minimum absolute atomic E-state index is 0.108. The first-order chi connectivity index (χ1) is 13.0. The van der Waals surface area contributed by atoms with Crippen LogP contribution in [0.4, 0.5) is 18.9 Å². The van der Waals surface area contributed by atoms with Gasteiger partial charge < -0.3 is 5.32 Å². The zero-order chi connectivity index (χ0) is 20.7. The van der Waals surface area contributed by atoms with Crippen molar-refractivity contribution in [3.8, 4) is 0 Å². The molecule has 2 heterocycles. The van der Waals surface area contributed by atoms with Gasteiger partial charge in [0.2, 0.25) is 5.91 Å². The first kappa shape index (κ1) is 20.4. The van der Waals surface area contributed by atoms with Crippen LogP contribution in [0.3, 0.4) is 0 Å². The summed E-state index contributed by atoms with van der Waals surface area (Å²) in [5, 5.41) is 2.86. The second kappa shape index (κ2) is 7.27. The van der Waals surface area contributed by atoms with Crippen LogP contribution < -0.4 is 10.9 Å². The highest BCUT2D eigenvalue weighted by molar-refractivity contribution is 7.99. The normalized spacial score (nSPS) is 16.7. The topological polar surface area (TPSA) is 64.0 Å². The van der Waals surface area contributed by atoms with Crippen molar-refractivity contribution < 1.29 is 18.0 Å². The van der Waals surface area contributed by atoms with E-state index in [1.165, 1.54) is 40.6 Å². The number of fused-ring (bicyclic) bond motifs is 1. The first-order valence-corrected chi connectivity index (χ1v) is 9.68. The first-order valence-electron chi connectivity index (χ1n) is 8.70. The lowest BCUT2D eigenvalue weighted by atomic mass is 9.92. The minimum Gasteiger partial charge on any atom is -0.325 e. The van der Waals surface area contributed by atoms with E-state index in [0.29, 0.717) is 16.6 Å². The maximum atomic E-state index is 13.1. The number of carbonyl (C=O) groups excluding carboxylic acids is 1. The summed E-state index contributed by atoms with van der Waals surface area (Å²) in [5.74, 6) is -0.119. The zero-order valence-electron chi connectivity index (χ0n) is 15.6. The summed E-state index contributed by atoms with van der Waals surface area (Å²) in [7, 11) is 0. The molecule has 0 saturated heterocycles. The minimum atomic E-state index is -4.57. The number of para-hydroxylation sites is 1. The van der Waals surface area contributed by atoms with E-state index in [0.717, 1.165) is 6.07 Å². The van der Waals surface area contributed by atoms with E-state index in [4.69, 9.17) is 0 Å². The number of alkyl halides is 3. The zero-order valence-corrected chi connectivity index (χ0v) is 16.4. The van der Waals surface area contributed by atoms with Crippen molar-refractivity contribution in [2.75, 3.05) is 11.1 Å². The summed E-state index contributed by atoms with van der Waals surface area (Å²) in [5.41, 5.74) is -1.07. The summed E-state index contributed by atoms with van der Waals surface area (Å²) in [6.45, 7) is 5.86. The Morgan fingerprint density at radius 3 is 2.61 bits per heavy atom. The number of hydrogen-bond donors (Lipinski definition) is 1. The predicted octanol–water partition coefficient (Wildman–Crippen LogP) is 4.24. The molecule has 0 saturated carbocycles. The molecule has 1 aromatic carbocycles. The van der Waals surface area contributed by atoms with E-state index in [1.54, 1.807) is 0 Å². The third-order valence-corrected chi connectivity index (χ3v) is 5.48. The van der Waals surface area contributed by atoms with Crippen molar-refractivity contribution in [2.24, 2.45) is 0 Å². The second-order valence-electron chi connectivity index (χ2n) is 7.64. The van der Waals surface area contributed by atoms with E-state index < -0.39 is 23.7 Å². The highest BCUT2D eigenvalue weighted by Crippen LogP contribution is 2.36. The predicted molar refractivity (Wildman–Crippen MR) is 102 cm³/mol.